The predicted octanol–water partition coefficient (Wildman–Crippen LogP) is 1.97. The zero-order valence-electron chi connectivity index (χ0n) is 6.56. The van der Waals surface area contributed by atoms with Crippen LogP contribution >= 0.6 is 0 Å². The first-order valence-electron chi connectivity index (χ1n) is 3.94. The Bertz CT molecular complexity index is 303. The summed E-state index contributed by atoms with van der Waals surface area (Å²) in [7, 11) is 0. The molecule has 0 amide bonds. The number of halogens is 3. The molecule has 0 aromatic rings. The van der Waals surface area contributed by atoms with Crippen LogP contribution in [0.3, 0.4) is 0 Å². The van der Waals surface area contributed by atoms with E-state index < -0.39 is 23.3 Å². The van der Waals surface area contributed by atoms with Gasteiger partial charge in [0, 0.05) is 12.0 Å². The minimum absolute atomic E-state index is 0.0620. The number of hydrogen-bond donors (Lipinski definition) is 1. The van der Waals surface area contributed by atoms with Crippen molar-refractivity contribution in [2.45, 2.75) is 19.0 Å². The lowest BCUT2D eigenvalue weighted by Gasteiger charge is -2.08. The van der Waals surface area contributed by atoms with E-state index >= 15 is 0 Å². The molecule has 2 fully saturated rings. The van der Waals surface area contributed by atoms with Crippen molar-refractivity contribution >= 4 is 5.78 Å². The van der Waals surface area contributed by atoms with E-state index in [9.17, 15) is 18.0 Å². The van der Waals surface area contributed by atoms with E-state index in [0.717, 1.165) is 0 Å². The molecule has 2 rings (SSSR count). The molecule has 0 heterocycles. The van der Waals surface area contributed by atoms with Crippen molar-refractivity contribution in [3.63, 3.8) is 0 Å². The van der Waals surface area contributed by atoms with Gasteiger partial charge in [-0.25, -0.2) is 0 Å². The fourth-order valence-corrected chi connectivity index (χ4v) is 1.84. The van der Waals surface area contributed by atoms with Crippen molar-refractivity contribution in [1.82, 2.24) is 0 Å². The highest BCUT2D eigenvalue weighted by Gasteiger charge is 2.54. The zero-order chi connectivity index (χ0) is 9.80. The highest BCUT2D eigenvalue weighted by Crippen LogP contribution is 2.55. The second-order valence-electron chi connectivity index (χ2n) is 3.49. The molecule has 0 saturated heterocycles. The second-order valence-corrected chi connectivity index (χ2v) is 3.49. The minimum atomic E-state index is -4.78. The molecule has 2 saturated carbocycles. The van der Waals surface area contributed by atoms with Gasteiger partial charge < -0.3 is 5.11 Å². The molecule has 13 heavy (non-hydrogen) atoms. The molecule has 72 valence electrons. The van der Waals surface area contributed by atoms with Gasteiger partial charge in [-0.3, -0.25) is 4.79 Å². The Morgan fingerprint density at radius 3 is 2.46 bits per heavy atom. The first-order valence-corrected chi connectivity index (χ1v) is 3.94. The van der Waals surface area contributed by atoms with E-state index in [-0.39, 0.29) is 18.3 Å². The average molecular weight is 192 g/mol. The molecule has 2 aliphatic carbocycles. The van der Waals surface area contributed by atoms with E-state index in [1.54, 1.807) is 0 Å². The van der Waals surface area contributed by atoms with Crippen LogP contribution in [0.1, 0.15) is 12.8 Å². The molecule has 2 atom stereocenters. The summed E-state index contributed by atoms with van der Waals surface area (Å²) in [5, 5.41) is 8.79. The van der Waals surface area contributed by atoms with Gasteiger partial charge >= 0.3 is 6.18 Å². The summed E-state index contributed by atoms with van der Waals surface area (Å²) < 4.78 is 36.0. The van der Waals surface area contributed by atoms with Gasteiger partial charge in [-0.05, 0) is 18.3 Å². The van der Waals surface area contributed by atoms with E-state index in [2.05, 4.69) is 0 Å². The number of allylic oxidation sites excluding steroid dienone is 2. The van der Waals surface area contributed by atoms with Crippen molar-refractivity contribution in [2.24, 2.45) is 11.8 Å². The number of rotatable bonds is 0. The van der Waals surface area contributed by atoms with Crippen molar-refractivity contribution in [2.75, 3.05) is 0 Å². The monoisotopic (exact) mass is 192 g/mol. The van der Waals surface area contributed by atoms with Gasteiger partial charge in [0.15, 0.2) is 5.78 Å². The highest BCUT2D eigenvalue weighted by molar-refractivity contribution is 6.00. The first-order chi connectivity index (χ1) is 5.91. The summed E-state index contributed by atoms with van der Waals surface area (Å²) in [6.07, 6.45) is -4.00. The summed E-state index contributed by atoms with van der Waals surface area (Å²) in [5.74, 6) is -2.49. The Balaban J connectivity index is 2.37. The topological polar surface area (TPSA) is 37.3 Å². The van der Waals surface area contributed by atoms with Crippen LogP contribution in [0.25, 0.3) is 0 Å². The lowest BCUT2D eigenvalue weighted by Crippen LogP contribution is -2.17. The van der Waals surface area contributed by atoms with Crippen LogP contribution in [0.4, 0.5) is 13.2 Å². The Hall–Kier alpha value is -1.00. The van der Waals surface area contributed by atoms with Crippen molar-refractivity contribution < 1.29 is 23.1 Å². The van der Waals surface area contributed by atoms with E-state index in [1.165, 1.54) is 0 Å². The molecule has 2 unspecified atom stereocenters. The summed E-state index contributed by atoms with van der Waals surface area (Å²) in [6, 6.07) is 0. The minimum Gasteiger partial charge on any atom is -0.504 e. The quantitative estimate of drug-likeness (QED) is 0.470. The SMILES string of the molecule is O=C1CC2CC2/C1=C(\O)C(F)(F)F. The van der Waals surface area contributed by atoms with Gasteiger partial charge in [0.25, 0.3) is 0 Å². The Morgan fingerprint density at radius 2 is 2.08 bits per heavy atom. The Kier molecular flexibility index (Phi) is 1.50. The van der Waals surface area contributed by atoms with Gasteiger partial charge in [-0.1, -0.05) is 0 Å². The van der Waals surface area contributed by atoms with Crippen LogP contribution in [0.2, 0.25) is 0 Å². The molecule has 0 aromatic carbocycles. The van der Waals surface area contributed by atoms with E-state index in [0.29, 0.717) is 6.42 Å². The van der Waals surface area contributed by atoms with Crippen molar-refractivity contribution in [3.8, 4) is 0 Å². The van der Waals surface area contributed by atoms with E-state index in [1.807, 2.05) is 0 Å². The number of aliphatic hydroxyl groups excluding tert-OH is 1. The Labute approximate surface area is 72.0 Å². The summed E-state index contributed by atoms with van der Waals surface area (Å²) in [6.45, 7) is 0. The van der Waals surface area contributed by atoms with Gasteiger partial charge in [0.1, 0.15) is 0 Å². The van der Waals surface area contributed by atoms with Gasteiger partial charge in [0.2, 0.25) is 5.76 Å². The molecule has 0 aliphatic heterocycles. The van der Waals surface area contributed by atoms with Crippen LogP contribution in [0.15, 0.2) is 11.3 Å². The number of ketones is 1. The van der Waals surface area contributed by atoms with E-state index in [4.69, 9.17) is 5.11 Å². The maximum Gasteiger partial charge on any atom is 0.449 e. The lowest BCUT2D eigenvalue weighted by molar-refractivity contribution is -0.127. The molecule has 0 aromatic heterocycles. The standard InChI is InChI=1S/C8H7F3O2/c9-8(10,11)7(13)6-4-1-3(4)2-5(6)12/h3-4,13H,1-2H2/b7-6+. The van der Waals surface area contributed by atoms with Crippen LogP contribution in [0, 0.1) is 11.8 Å². The van der Waals surface area contributed by atoms with Gasteiger partial charge in [-0.2, -0.15) is 13.2 Å². The van der Waals surface area contributed by atoms with Crippen molar-refractivity contribution in [1.29, 1.82) is 0 Å². The largest absolute Gasteiger partial charge is 0.504 e. The normalized spacial score (nSPS) is 36.1. The summed E-state index contributed by atoms with van der Waals surface area (Å²) in [5.41, 5.74) is -0.391. The fourth-order valence-electron chi connectivity index (χ4n) is 1.84. The number of Topliss-reactive ketones (excluding diaryl/α,β-unsaturated/α-hetero) is 1. The van der Waals surface area contributed by atoms with Crippen molar-refractivity contribution in [3.05, 3.63) is 11.3 Å². The second kappa shape index (κ2) is 2.27. The number of alkyl halides is 3. The zero-order valence-corrected chi connectivity index (χ0v) is 6.56. The summed E-state index contributed by atoms with van der Waals surface area (Å²) in [4.78, 5) is 11.0. The Morgan fingerprint density at radius 1 is 1.46 bits per heavy atom. The third kappa shape index (κ3) is 1.22. The fraction of sp³-hybridized carbons (Fsp3) is 0.625. The smallest absolute Gasteiger partial charge is 0.449 e. The third-order valence-corrected chi connectivity index (χ3v) is 2.57. The van der Waals surface area contributed by atoms with Crippen LogP contribution in [-0.2, 0) is 4.79 Å². The third-order valence-electron chi connectivity index (χ3n) is 2.57. The number of carbonyl (C=O) groups is 1. The number of fused-ring (bicyclic) bond motifs is 1. The lowest BCUT2D eigenvalue weighted by atomic mass is 10.1. The molecule has 0 spiro atoms. The molecule has 1 N–H and O–H groups in total. The molecule has 2 aliphatic rings. The number of hydrogen-bond acceptors (Lipinski definition) is 2. The van der Waals surface area contributed by atoms with Crippen LogP contribution in [-0.4, -0.2) is 17.1 Å². The molecule has 0 radical (unpaired) electrons. The molecule has 0 bridgehead atoms. The molecular weight excluding hydrogens is 185 g/mol. The first kappa shape index (κ1) is 8.59. The average Bonchev–Trinajstić information content (AvgIpc) is 2.61. The molecule has 5 heteroatoms. The number of aliphatic hydroxyl groups is 1. The molecular formula is C8H7F3O2. The summed E-state index contributed by atoms with van der Waals surface area (Å²) >= 11 is 0. The van der Waals surface area contributed by atoms with Gasteiger partial charge in [-0.15, -0.1) is 0 Å². The maximum atomic E-state index is 12.0. The van der Waals surface area contributed by atoms with Gasteiger partial charge in [0.05, 0.1) is 0 Å². The van der Waals surface area contributed by atoms with Crippen LogP contribution < -0.4 is 0 Å². The maximum absolute atomic E-state index is 12.0. The van der Waals surface area contributed by atoms with Crippen LogP contribution in [0.5, 0.6) is 0 Å². The molecule has 2 nitrogen and oxygen atoms in total. The number of carbonyl (C=O) groups excluding carboxylic acids is 1. The predicted molar refractivity (Wildman–Crippen MR) is 36.9 cm³/mol. The highest BCUT2D eigenvalue weighted by atomic mass is 19.4.